The number of nitrogens with one attached hydrogen (secondary N) is 1. The Hall–Kier alpha value is -2.77. The maximum atomic E-state index is 12.5. The van der Waals surface area contributed by atoms with E-state index in [1.807, 2.05) is 0 Å². The van der Waals surface area contributed by atoms with Crippen LogP contribution in [-0.2, 0) is 4.79 Å². The van der Waals surface area contributed by atoms with Gasteiger partial charge in [-0.05, 0) is 30.5 Å². The summed E-state index contributed by atoms with van der Waals surface area (Å²) in [5.74, 6) is -0.319. The lowest BCUT2D eigenvalue weighted by molar-refractivity contribution is -0.384. The normalized spacial score (nSPS) is 20.3. The van der Waals surface area contributed by atoms with Gasteiger partial charge in [0.25, 0.3) is 11.6 Å². The number of nitro groups is 1. The van der Waals surface area contributed by atoms with Crippen LogP contribution in [0.2, 0.25) is 0 Å². The zero-order chi connectivity index (χ0) is 16.4. The lowest BCUT2D eigenvalue weighted by Crippen LogP contribution is -2.48. The molecule has 23 heavy (non-hydrogen) atoms. The highest BCUT2D eigenvalue weighted by Gasteiger charge is 2.51. The topological polar surface area (TPSA) is 105 Å². The van der Waals surface area contributed by atoms with Crippen molar-refractivity contribution in [3.05, 3.63) is 39.9 Å². The van der Waals surface area contributed by atoms with Crippen LogP contribution in [0.15, 0.2) is 29.4 Å². The molecule has 1 aliphatic heterocycles. The summed E-state index contributed by atoms with van der Waals surface area (Å²) < 4.78 is 0. The molecule has 0 atom stereocenters. The number of rotatable bonds is 3. The molecule has 0 radical (unpaired) electrons. The Balaban J connectivity index is 1.75. The smallest absolute Gasteiger partial charge is 0.321 e. The van der Waals surface area contributed by atoms with Crippen molar-refractivity contribution in [1.29, 1.82) is 0 Å². The molecule has 1 heterocycles. The molecular formula is C15H16N4O4. The molecule has 2 fully saturated rings. The molecule has 1 spiro atoms. The van der Waals surface area contributed by atoms with Crippen molar-refractivity contribution in [2.24, 2.45) is 5.10 Å². The van der Waals surface area contributed by atoms with E-state index >= 15 is 0 Å². The summed E-state index contributed by atoms with van der Waals surface area (Å²) in [6, 6.07) is 5.19. The van der Waals surface area contributed by atoms with E-state index in [0.29, 0.717) is 18.4 Å². The Morgan fingerprint density at radius 1 is 1.17 bits per heavy atom. The quantitative estimate of drug-likeness (QED) is 0.399. The van der Waals surface area contributed by atoms with Crippen LogP contribution < -0.4 is 5.32 Å². The first-order valence-corrected chi connectivity index (χ1v) is 7.47. The van der Waals surface area contributed by atoms with Crippen LogP contribution in [0.4, 0.5) is 10.5 Å². The van der Waals surface area contributed by atoms with Crippen LogP contribution in [0.3, 0.4) is 0 Å². The fourth-order valence-electron chi connectivity index (χ4n) is 3.01. The third-order valence-corrected chi connectivity index (χ3v) is 4.27. The van der Waals surface area contributed by atoms with Crippen LogP contribution in [0, 0.1) is 10.1 Å². The third kappa shape index (κ3) is 2.79. The summed E-state index contributed by atoms with van der Waals surface area (Å²) in [5, 5.41) is 18.2. The molecule has 1 aromatic rings. The van der Waals surface area contributed by atoms with E-state index in [2.05, 4.69) is 10.4 Å². The lowest BCUT2D eigenvalue weighted by atomic mass is 9.82. The standard InChI is InChI=1S/C15H16N4O4/c20-13-15(8-2-1-3-9-15)17-14(21)18(13)16-10-11-4-6-12(7-5-11)19(22)23/h4-7,10H,1-3,8-9H2,(H,17,21)/b16-10-. The molecule has 8 heteroatoms. The highest BCUT2D eigenvalue weighted by molar-refractivity contribution is 6.07. The number of carbonyl (C=O) groups is 2. The monoisotopic (exact) mass is 316 g/mol. The van der Waals surface area contributed by atoms with Gasteiger partial charge in [-0.2, -0.15) is 5.10 Å². The summed E-state index contributed by atoms with van der Waals surface area (Å²) in [6.07, 6.45) is 5.51. The Morgan fingerprint density at radius 3 is 2.43 bits per heavy atom. The summed E-state index contributed by atoms with van der Waals surface area (Å²) in [4.78, 5) is 34.6. The van der Waals surface area contributed by atoms with E-state index in [9.17, 15) is 19.7 Å². The second-order valence-electron chi connectivity index (χ2n) is 5.78. The first-order valence-electron chi connectivity index (χ1n) is 7.47. The average Bonchev–Trinajstić information content (AvgIpc) is 2.77. The molecule has 1 N–H and O–H groups in total. The molecule has 3 rings (SSSR count). The van der Waals surface area contributed by atoms with E-state index in [1.165, 1.54) is 30.5 Å². The van der Waals surface area contributed by atoms with Gasteiger partial charge >= 0.3 is 6.03 Å². The molecule has 3 amide bonds. The molecule has 1 saturated carbocycles. The van der Waals surface area contributed by atoms with Gasteiger partial charge in [0, 0.05) is 12.1 Å². The largest absolute Gasteiger partial charge is 0.346 e. The zero-order valence-electron chi connectivity index (χ0n) is 12.4. The maximum absolute atomic E-state index is 12.5. The van der Waals surface area contributed by atoms with Gasteiger partial charge in [-0.3, -0.25) is 14.9 Å². The van der Waals surface area contributed by atoms with Crippen LogP contribution in [0.1, 0.15) is 37.7 Å². The molecule has 1 aromatic carbocycles. The van der Waals surface area contributed by atoms with Crippen LogP contribution in [-0.4, -0.2) is 33.6 Å². The Morgan fingerprint density at radius 2 is 1.83 bits per heavy atom. The van der Waals surface area contributed by atoms with Crippen molar-refractivity contribution in [2.45, 2.75) is 37.6 Å². The Kier molecular flexibility index (Phi) is 3.81. The minimum atomic E-state index is -0.803. The van der Waals surface area contributed by atoms with Gasteiger partial charge in [-0.25, -0.2) is 4.79 Å². The van der Waals surface area contributed by atoms with Crippen LogP contribution in [0.5, 0.6) is 0 Å². The van der Waals surface area contributed by atoms with Gasteiger partial charge < -0.3 is 5.32 Å². The van der Waals surface area contributed by atoms with Gasteiger partial charge in [-0.1, -0.05) is 19.3 Å². The highest BCUT2D eigenvalue weighted by atomic mass is 16.6. The number of urea groups is 1. The molecule has 0 unspecified atom stereocenters. The number of benzene rings is 1. The van der Waals surface area contributed by atoms with E-state index in [0.717, 1.165) is 24.3 Å². The minimum Gasteiger partial charge on any atom is -0.321 e. The maximum Gasteiger partial charge on any atom is 0.346 e. The third-order valence-electron chi connectivity index (χ3n) is 4.27. The highest BCUT2D eigenvalue weighted by Crippen LogP contribution is 2.33. The van der Waals surface area contributed by atoms with Crippen molar-refractivity contribution in [3.8, 4) is 0 Å². The number of amides is 3. The zero-order valence-corrected chi connectivity index (χ0v) is 12.4. The predicted molar refractivity (Wildman–Crippen MR) is 81.9 cm³/mol. The minimum absolute atomic E-state index is 0.0294. The first kappa shape index (κ1) is 15.1. The fraction of sp³-hybridized carbons (Fsp3) is 0.400. The molecular weight excluding hydrogens is 300 g/mol. The van der Waals surface area contributed by atoms with Crippen molar-refractivity contribution in [2.75, 3.05) is 0 Å². The van der Waals surface area contributed by atoms with E-state index in [1.54, 1.807) is 0 Å². The number of nitrogens with zero attached hydrogens (tertiary/aromatic N) is 3. The molecule has 1 aliphatic carbocycles. The number of non-ortho nitro benzene ring substituents is 1. The molecule has 1 saturated heterocycles. The van der Waals surface area contributed by atoms with Crippen molar-refractivity contribution in [1.82, 2.24) is 10.3 Å². The second kappa shape index (κ2) is 5.79. The summed E-state index contributed by atoms with van der Waals surface area (Å²) in [6.45, 7) is 0. The first-order chi connectivity index (χ1) is 11.0. The number of nitro benzene ring substituents is 1. The lowest BCUT2D eigenvalue weighted by Gasteiger charge is -2.29. The molecule has 0 bridgehead atoms. The number of hydrogen-bond acceptors (Lipinski definition) is 5. The van der Waals surface area contributed by atoms with Crippen molar-refractivity contribution in [3.63, 3.8) is 0 Å². The van der Waals surface area contributed by atoms with Gasteiger partial charge in [-0.15, -0.1) is 5.01 Å². The molecule has 120 valence electrons. The van der Waals surface area contributed by atoms with Crippen molar-refractivity contribution < 1.29 is 14.5 Å². The Bertz CT molecular complexity index is 677. The average molecular weight is 316 g/mol. The van der Waals surface area contributed by atoms with E-state index in [-0.39, 0.29) is 11.6 Å². The van der Waals surface area contributed by atoms with E-state index in [4.69, 9.17) is 0 Å². The second-order valence-corrected chi connectivity index (χ2v) is 5.78. The van der Waals surface area contributed by atoms with Gasteiger partial charge in [0.1, 0.15) is 5.54 Å². The molecule has 8 nitrogen and oxygen atoms in total. The Labute approximate surface area is 132 Å². The van der Waals surface area contributed by atoms with E-state index < -0.39 is 16.5 Å². The summed E-state index contributed by atoms with van der Waals surface area (Å²) in [7, 11) is 0. The van der Waals surface area contributed by atoms with Gasteiger partial charge in [0.05, 0.1) is 11.1 Å². The molecule has 2 aliphatic rings. The number of carbonyl (C=O) groups excluding carboxylic acids is 2. The predicted octanol–water partition coefficient (Wildman–Crippen LogP) is 2.18. The SMILES string of the molecule is O=C1NC2(CCCCC2)C(=O)N1/N=C\c1ccc([N+](=O)[O-])cc1. The number of hydrogen-bond donors (Lipinski definition) is 1. The summed E-state index contributed by atoms with van der Waals surface area (Å²) >= 11 is 0. The summed E-state index contributed by atoms with van der Waals surface area (Å²) in [5.41, 5.74) is -0.263. The van der Waals surface area contributed by atoms with Crippen LogP contribution >= 0.6 is 0 Å². The molecule has 0 aromatic heterocycles. The van der Waals surface area contributed by atoms with Crippen molar-refractivity contribution >= 4 is 23.8 Å². The number of imide groups is 1. The van der Waals surface area contributed by atoms with Gasteiger partial charge in [0.15, 0.2) is 0 Å². The van der Waals surface area contributed by atoms with Gasteiger partial charge in [0.2, 0.25) is 0 Å². The number of hydrazone groups is 1. The fourth-order valence-corrected chi connectivity index (χ4v) is 3.01. The van der Waals surface area contributed by atoms with Crippen LogP contribution in [0.25, 0.3) is 0 Å².